The van der Waals surface area contributed by atoms with Crippen molar-refractivity contribution in [1.82, 2.24) is 0 Å². The SMILES string of the molecule is Cc1cccc(C)c1-c1cccc2c1OC(C(C)N)C2. The van der Waals surface area contributed by atoms with Crippen molar-refractivity contribution in [2.45, 2.75) is 39.3 Å². The molecule has 0 saturated heterocycles. The maximum atomic E-state index is 6.14. The van der Waals surface area contributed by atoms with Crippen molar-refractivity contribution in [3.05, 3.63) is 53.1 Å². The zero-order valence-corrected chi connectivity index (χ0v) is 12.3. The highest BCUT2D eigenvalue weighted by Gasteiger charge is 2.28. The number of fused-ring (bicyclic) bond motifs is 1. The summed E-state index contributed by atoms with van der Waals surface area (Å²) in [6.07, 6.45) is 1.00. The van der Waals surface area contributed by atoms with Crippen LogP contribution < -0.4 is 10.5 Å². The normalized spacial score (nSPS) is 18.5. The summed E-state index contributed by atoms with van der Waals surface area (Å²) in [5.74, 6) is 1.02. The molecule has 2 N–H and O–H groups in total. The number of para-hydroxylation sites is 1. The fourth-order valence-corrected chi connectivity index (χ4v) is 3.02. The van der Waals surface area contributed by atoms with Crippen LogP contribution >= 0.6 is 0 Å². The molecule has 104 valence electrons. The van der Waals surface area contributed by atoms with Gasteiger partial charge in [-0.15, -0.1) is 0 Å². The van der Waals surface area contributed by atoms with E-state index >= 15 is 0 Å². The van der Waals surface area contributed by atoms with E-state index in [0.29, 0.717) is 0 Å². The van der Waals surface area contributed by atoms with E-state index in [-0.39, 0.29) is 12.1 Å². The van der Waals surface area contributed by atoms with Crippen LogP contribution in [0.25, 0.3) is 11.1 Å². The Labute approximate surface area is 120 Å². The number of nitrogens with two attached hydrogens (primary N) is 1. The molecule has 0 spiro atoms. The van der Waals surface area contributed by atoms with Gasteiger partial charge in [0, 0.05) is 18.0 Å². The van der Waals surface area contributed by atoms with Crippen LogP contribution in [0.5, 0.6) is 5.75 Å². The second-order valence-corrected chi connectivity index (χ2v) is 5.78. The van der Waals surface area contributed by atoms with Crippen molar-refractivity contribution in [3.63, 3.8) is 0 Å². The quantitative estimate of drug-likeness (QED) is 0.902. The standard InChI is InChI=1S/C18H21NO/c1-11-6-4-7-12(2)17(11)15-9-5-8-14-10-16(13(3)19)20-18(14)15/h4-9,13,16H,10,19H2,1-3H3. The smallest absolute Gasteiger partial charge is 0.130 e. The van der Waals surface area contributed by atoms with Crippen molar-refractivity contribution in [3.8, 4) is 16.9 Å². The van der Waals surface area contributed by atoms with Gasteiger partial charge >= 0.3 is 0 Å². The van der Waals surface area contributed by atoms with E-state index in [2.05, 4.69) is 50.2 Å². The molecular formula is C18H21NO. The van der Waals surface area contributed by atoms with E-state index < -0.39 is 0 Å². The third kappa shape index (κ3) is 2.10. The van der Waals surface area contributed by atoms with Crippen LogP contribution in [0.3, 0.4) is 0 Å². The van der Waals surface area contributed by atoms with Crippen LogP contribution in [0.2, 0.25) is 0 Å². The fraction of sp³-hybridized carbons (Fsp3) is 0.333. The fourth-order valence-electron chi connectivity index (χ4n) is 3.02. The van der Waals surface area contributed by atoms with Gasteiger partial charge in [-0.2, -0.15) is 0 Å². The highest BCUT2D eigenvalue weighted by Crippen LogP contribution is 2.41. The van der Waals surface area contributed by atoms with Gasteiger partial charge in [-0.3, -0.25) is 0 Å². The Hall–Kier alpha value is -1.80. The van der Waals surface area contributed by atoms with Gasteiger partial charge in [0.2, 0.25) is 0 Å². The van der Waals surface area contributed by atoms with Crippen molar-refractivity contribution in [2.24, 2.45) is 5.73 Å². The van der Waals surface area contributed by atoms with Crippen LogP contribution in [0, 0.1) is 13.8 Å². The molecule has 20 heavy (non-hydrogen) atoms. The Balaban J connectivity index is 2.13. The molecule has 2 aromatic rings. The van der Waals surface area contributed by atoms with Gasteiger partial charge in [0.05, 0.1) is 0 Å². The number of hydrogen-bond donors (Lipinski definition) is 1. The first-order chi connectivity index (χ1) is 9.58. The summed E-state index contributed by atoms with van der Waals surface area (Å²) in [6, 6.07) is 12.9. The second-order valence-electron chi connectivity index (χ2n) is 5.78. The molecule has 1 aliphatic rings. The Bertz CT molecular complexity index is 626. The maximum Gasteiger partial charge on any atom is 0.130 e. The van der Waals surface area contributed by atoms with Crippen LogP contribution in [0.15, 0.2) is 36.4 Å². The van der Waals surface area contributed by atoms with Gasteiger partial charge in [-0.25, -0.2) is 0 Å². The third-order valence-corrected chi connectivity index (χ3v) is 4.12. The van der Waals surface area contributed by atoms with Crippen LogP contribution in [-0.4, -0.2) is 12.1 Å². The number of aryl methyl sites for hydroxylation is 2. The minimum Gasteiger partial charge on any atom is -0.488 e. The minimum atomic E-state index is 0.0493. The number of rotatable bonds is 2. The molecule has 3 rings (SSSR count). The zero-order chi connectivity index (χ0) is 14.3. The average Bonchev–Trinajstić information content (AvgIpc) is 2.83. The van der Waals surface area contributed by atoms with Crippen LogP contribution in [-0.2, 0) is 6.42 Å². The molecule has 0 bridgehead atoms. The first-order valence-corrected chi connectivity index (χ1v) is 7.18. The highest BCUT2D eigenvalue weighted by atomic mass is 16.5. The summed E-state index contributed by atoms with van der Waals surface area (Å²) in [6.45, 7) is 6.31. The monoisotopic (exact) mass is 267 g/mol. The molecule has 2 nitrogen and oxygen atoms in total. The zero-order valence-electron chi connectivity index (χ0n) is 12.3. The lowest BCUT2D eigenvalue weighted by molar-refractivity contribution is 0.207. The Kier molecular flexibility index (Phi) is 3.27. The Morgan fingerprint density at radius 1 is 1.10 bits per heavy atom. The predicted molar refractivity (Wildman–Crippen MR) is 83.1 cm³/mol. The van der Waals surface area contributed by atoms with E-state index in [1.54, 1.807) is 0 Å². The summed E-state index contributed by atoms with van der Waals surface area (Å²) in [4.78, 5) is 0. The van der Waals surface area contributed by atoms with E-state index in [0.717, 1.165) is 12.2 Å². The first-order valence-electron chi connectivity index (χ1n) is 7.18. The summed E-state index contributed by atoms with van der Waals surface area (Å²) in [5, 5.41) is 0. The topological polar surface area (TPSA) is 35.2 Å². The van der Waals surface area contributed by atoms with Crippen molar-refractivity contribution in [1.29, 1.82) is 0 Å². The molecule has 0 amide bonds. The van der Waals surface area contributed by atoms with E-state index in [1.807, 2.05) is 6.92 Å². The van der Waals surface area contributed by atoms with Gasteiger partial charge < -0.3 is 10.5 Å². The van der Waals surface area contributed by atoms with Crippen molar-refractivity contribution >= 4 is 0 Å². The lowest BCUT2D eigenvalue weighted by Gasteiger charge is -2.17. The summed E-state index contributed by atoms with van der Waals surface area (Å²) < 4.78 is 6.14. The molecule has 0 saturated carbocycles. The minimum absolute atomic E-state index is 0.0493. The largest absolute Gasteiger partial charge is 0.488 e. The van der Waals surface area contributed by atoms with E-state index in [4.69, 9.17) is 10.5 Å². The molecule has 0 fully saturated rings. The van der Waals surface area contributed by atoms with Crippen LogP contribution in [0.4, 0.5) is 0 Å². The lowest BCUT2D eigenvalue weighted by atomic mass is 9.93. The van der Waals surface area contributed by atoms with Gasteiger partial charge in [0.1, 0.15) is 11.9 Å². The Morgan fingerprint density at radius 3 is 2.40 bits per heavy atom. The van der Waals surface area contributed by atoms with Crippen LogP contribution in [0.1, 0.15) is 23.6 Å². The third-order valence-electron chi connectivity index (χ3n) is 4.12. The summed E-state index contributed by atoms with van der Waals surface area (Å²) in [7, 11) is 0. The average molecular weight is 267 g/mol. The second kappa shape index (κ2) is 4.95. The molecule has 1 heterocycles. The molecule has 0 radical (unpaired) electrons. The molecule has 0 aromatic heterocycles. The molecule has 2 aromatic carbocycles. The van der Waals surface area contributed by atoms with Crippen molar-refractivity contribution < 1.29 is 4.74 Å². The molecule has 2 atom stereocenters. The molecule has 2 unspecified atom stereocenters. The highest BCUT2D eigenvalue weighted by molar-refractivity contribution is 5.78. The van der Waals surface area contributed by atoms with Gasteiger partial charge in [-0.05, 0) is 43.0 Å². The first kappa shape index (κ1) is 13.2. The molecule has 0 aliphatic carbocycles. The Morgan fingerprint density at radius 2 is 1.75 bits per heavy atom. The van der Waals surface area contributed by atoms with Crippen molar-refractivity contribution in [2.75, 3.05) is 0 Å². The number of ether oxygens (including phenoxy) is 1. The van der Waals surface area contributed by atoms with Gasteiger partial charge in [0.15, 0.2) is 0 Å². The van der Waals surface area contributed by atoms with E-state index in [1.165, 1.54) is 27.8 Å². The van der Waals surface area contributed by atoms with Gasteiger partial charge in [0.25, 0.3) is 0 Å². The molecular weight excluding hydrogens is 246 g/mol. The maximum absolute atomic E-state index is 6.14. The number of hydrogen-bond acceptors (Lipinski definition) is 2. The predicted octanol–water partition coefficient (Wildman–Crippen LogP) is 3.62. The van der Waals surface area contributed by atoms with Gasteiger partial charge in [-0.1, -0.05) is 36.4 Å². The molecule has 1 aliphatic heterocycles. The lowest BCUT2D eigenvalue weighted by Crippen LogP contribution is -2.34. The molecule has 2 heteroatoms. The van der Waals surface area contributed by atoms with E-state index in [9.17, 15) is 0 Å². The summed E-state index contributed by atoms with van der Waals surface area (Å²) >= 11 is 0. The number of benzene rings is 2. The summed E-state index contributed by atoms with van der Waals surface area (Å²) in [5.41, 5.74) is 12.3.